The van der Waals surface area contributed by atoms with Gasteiger partial charge in [-0.2, -0.15) is 0 Å². The molecule has 1 aliphatic carbocycles. The Morgan fingerprint density at radius 1 is 1.28 bits per heavy atom. The van der Waals surface area contributed by atoms with Crippen molar-refractivity contribution >= 4 is 33.0 Å². The van der Waals surface area contributed by atoms with Gasteiger partial charge in [-0.05, 0) is 64.4 Å². The fourth-order valence-electron chi connectivity index (χ4n) is 2.88. The predicted octanol–water partition coefficient (Wildman–Crippen LogP) is 5.55. The van der Waals surface area contributed by atoms with Crippen LogP contribution in [0.2, 0.25) is 0 Å². The van der Waals surface area contributed by atoms with Crippen molar-refractivity contribution in [3.8, 4) is 0 Å². The van der Waals surface area contributed by atoms with Crippen molar-refractivity contribution in [3.63, 3.8) is 0 Å². The predicted molar refractivity (Wildman–Crippen MR) is 81.3 cm³/mol. The molecule has 1 heterocycles. The highest BCUT2D eigenvalue weighted by Gasteiger charge is 2.33. The largest absolute Gasteiger partial charge is 0.293 e. The Labute approximate surface area is 122 Å². The molecule has 100 valence electrons. The van der Waals surface area contributed by atoms with Crippen LogP contribution in [-0.2, 0) is 0 Å². The minimum atomic E-state index is 0.249. The van der Waals surface area contributed by atoms with Gasteiger partial charge in [0.15, 0.2) is 5.78 Å². The van der Waals surface area contributed by atoms with Crippen LogP contribution in [0.25, 0.3) is 0 Å². The minimum absolute atomic E-state index is 0.249. The molecule has 1 aromatic heterocycles. The summed E-state index contributed by atoms with van der Waals surface area (Å²) in [6, 6.07) is 1.97. The molecule has 1 nitrogen and oxygen atoms in total. The highest BCUT2D eigenvalue weighted by Crippen LogP contribution is 2.41. The van der Waals surface area contributed by atoms with Gasteiger partial charge in [0.2, 0.25) is 0 Å². The second-order valence-electron chi connectivity index (χ2n) is 6.38. The van der Waals surface area contributed by atoms with Crippen LogP contribution in [-0.4, -0.2) is 5.78 Å². The van der Waals surface area contributed by atoms with E-state index >= 15 is 0 Å². The zero-order chi connectivity index (χ0) is 13.3. The number of hydrogen-bond acceptors (Lipinski definition) is 2. The number of halogens is 1. The van der Waals surface area contributed by atoms with E-state index in [1.165, 1.54) is 12.8 Å². The molecule has 1 saturated carbocycles. The average molecular weight is 329 g/mol. The van der Waals surface area contributed by atoms with Gasteiger partial charge in [0.1, 0.15) is 0 Å². The molecule has 0 saturated heterocycles. The van der Waals surface area contributed by atoms with E-state index in [-0.39, 0.29) is 5.92 Å². The van der Waals surface area contributed by atoms with Gasteiger partial charge in [-0.15, -0.1) is 11.3 Å². The zero-order valence-corrected chi connectivity index (χ0v) is 13.7. The molecule has 1 aliphatic rings. The molecule has 3 heteroatoms. The van der Waals surface area contributed by atoms with Gasteiger partial charge in [0.25, 0.3) is 0 Å². The quantitative estimate of drug-likeness (QED) is 0.651. The molecule has 0 aromatic carbocycles. The third-order valence-electron chi connectivity index (χ3n) is 4.16. The smallest absolute Gasteiger partial charge is 0.176 e. The Bertz CT molecular complexity index is 422. The third kappa shape index (κ3) is 3.05. The number of thiophene rings is 1. The van der Waals surface area contributed by atoms with Crippen LogP contribution in [0, 0.1) is 17.3 Å². The Morgan fingerprint density at radius 3 is 2.33 bits per heavy atom. The summed E-state index contributed by atoms with van der Waals surface area (Å²) < 4.78 is 0.968. The highest BCUT2D eigenvalue weighted by molar-refractivity contribution is 9.10. The van der Waals surface area contributed by atoms with Gasteiger partial charge in [-0.1, -0.05) is 20.8 Å². The average Bonchev–Trinajstić information content (AvgIpc) is 2.73. The molecule has 0 amide bonds. The van der Waals surface area contributed by atoms with Crippen LogP contribution in [0.5, 0.6) is 0 Å². The second kappa shape index (κ2) is 5.46. The van der Waals surface area contributed by atoms with Crippen LogP contribution in [0.4, 0.5) is 0 Å². The van der Waals surface area contributed by atoms with Crippen LogP contribution in [0.1, 0.15) is 56.1 Å². The Morgan fingerprint density at radius 2 is 1.89 bits per heavy atom. The van der Waals surface area contributed by atoms with E-state index in [0.29, 0.717) is 11.2 Å². The number of carbonyl (C=O) groups is 1. The van der Waals surface area contributed by atoms with Crippen LogP contribution in [0.15, 0.2) is 15.9 Å². The van der Waals surface area contributed by atoms with Crippen LogP contribution >= 0.6 is 27.3 Å². The molecule has 1 aromatic rings. The molecular weight excluding hydrogens is 308 g/mol. The zero-order valence-electron chi connectivity index (χ0n) is 11.3. The molecular formula is C15H21BrOS. The van der Waals surface area contributed by atoms with E-state index in [1.54, 1.807) is 11.3 Å². The first-order valence-electron chi connectivity index (χ1n) is 6.67. The topological polar surface area (TPSA) is 17.1 Å². The van der Waals surface area contributed by atoms with Crippen LogP contribution < -0.4 is 0 Å². The molecule has 0 radical (unpaired) electrons. The summed E-state index contributed by atoms with van der Waals surface area (Å²) >= 11 is 5.03. The number of rotatable bonds is 2. The maximum atomic E-state index is 12.4. The van der Waals surface area contributed by atoms with Crippen molar-refractivity contribution in [3.05, 3.63) is 20.8 Å². The number of Topliss-reactive ketones (excluding diaryl/α,β-unsaturated/α-hetero) is 1. The summed E-state index contributed by atoms with van der Waals surface area (Å²) in [7, 11) is 0. The Hall–Kier alpha value is -0.150. The standard InChI is InChI=1S/C15H21BrOS/c1-15(2,3)11-6-4-10(5-7-11)13(17)14-12(16)8-9-18-14/h8-11H,4-7H2,1-3H3. The van der Waals surface area contributed by atoms with Crippen molar-refractivity contribution < 1.29 is 4.79 Å². The van der Waals surface area contributed by atoms with Crippen molar-refractivity contribution in [1.29, 1.82) is 0 Å². The number of carbonyl (C=O) groups excluding carboxylic acids is 1. The minimum Gasteiger partial charge on any atom is -0.293 e. The summed E-state index contributed by atoms with van der Waals surface area (Å²) in [5.74, 6) is 1.37. The van der Waals surface area contributed by atoms with Gasteiger partial charge in [0, 0.05) is 10.4 Å². The summed E-state index contributed by atoms with van der Waals surface area (Å²) in [6.07, 6.45) is 4.52. The maximum absolute atomic E-state index is 12.4. The van der Waals surface area contributed by atoms with Crippen molar-refractivity contribution in [1.82, 2.24) is 0 Å². The van der Waals surface area contributed by atoms with Crippen molar-refractivity contribution in [2.75, 3.05) is 0 Å². The van der Waals surface area contributed by atoms with Gasteiger partial charge in [-0.3, -0.25) is 4.79 Å². The SMILES string of the molecule is CC(C)(C)C1CCC(C(=O)c2sccc2Br)CC1. The van der Waals surface area contributed by atoms with Gasteiger partial charge in [-0.25, -0.2) is 0 Å². The molecule has 0 spiro atoms. The van der Waals surface area contributed by atoms with Crippen LogP contribution in [0.3, 0.4) is 0 Å². The van der Waals surface area contributed by atoms with E-state index < -0.39 is 0 Å². The molecule has 0 unspecified atom stereocenters. The fourth-order valence-corrected chi connectivity index (χ4v) is 4.46. The first kappa shape index (κ1) is 14.3. The number of ketones is 1. The maximum Gasteiger partial charge on any atom is 0.176 e. The molecule has 0 aliphatic heterocycles. The molecule has 0 bridgehead atoms. The van der Waals surface area contributed by atoms with E-state index in [9.17, 15) is 4.79 Å². The van der Waals surface area contributed by atoms with Gasteiger partial charge < -0.3 is 0 Å². The first-order chi connectivity index (χ1) is 8.39. The molecule has 2 rings (SSSR count). The lowest BCUT2D eigenvalue weighted by atomic mass is 9.69. The van der Waals surface area contributed by atoms with E-state index in [4.69, 9.17) is 0 Å². The second-order valence-corrected chi connectivity index (χ2v) is 8.15. The summed E-state index contributed by atoms with van der Waals surface area (Å²) in [4.78, 5) is 13.3. The van der Waals surface area contributed by atoms with Gasteiger partial charge in [0.05, 0.1) is 4.88 Å². The van der Waals surface area contributed by atoms with E-state index in [2.05, 4.69) is 36.7 Å². The lowest BCUT2D eigenvalue weighted by Crippen LogP contribution is -2.28. The molecule has 0 N–H and O–H groups in total. The van der Waals surface area contributed by atoms with Crippen molar-refractivity contribution in [2.45, 2.75) is 46.5 Å². The summed E-state index contributed by atoms with van der Waals surface area (Å²) in [6.45, 7) is 6.95. The lowest BCUT2D eigenvalue weighted by molar-refractivity contribution is 0.0823. The number of hydrogen-bond donors (Lipinski definition) is 0. The summed E-state index contributed by atoms with van der Waals surface area (Å²) in [5.41, 5.74) is 0.386. The van der Waals surface area contributed by atoms with Gasteiger partial charge >= 0.3 is 0 Å². The Balaban J connectivity index is 1.99. The van der Waals surface area contributed by atoms with E-state index in [1.807, 2.05) is 11.4 Å². The van der Waals surface area contributed by atoms with E-state index in [0.717, 1.165) is 28.1 Å². The lowest BCUT2D eigenvalue weighted by Gasteiger charge is -2.36. The Kier molecular flexibility index (Phi) is 4.32. The molecule has 18 heavy (non-hydrogen) atoms. The first-order valence-corrected chi connectivity index (χ1v) is 8.34. The monoisotopic (exact) mass is 328 g/mol. The van der Waals surface area contributed by atoms with Crippen molar-refractivity contribution in [2.24, 2.45) is 17.3 Å². The highest BCUT2D eigenvalue weighted by atomic mass is 79.9. The summed E-state index contributed by atoms with van der Waals surface area (Å²) in [5, 5.41) is 1.98. The third-order valence-corrected chi connectivity index (χ3v) is 6.02. The fraction of sp³-hybridized carbons (Fsp3) is 0.667. The molecule has 0 atom stereocenters. The normalized spacial score (nSPS) is 25.1. The molecule has 1 fully saturated rings.